The SMILES string of the molecule is c1ccc(-c2cccc(-c3nccnn3)n2)nc1. The number of rotatable bonds is 2. The minimum atomic E-state index is 0.510. The van der Waals surface area contributed by atoms with E-state index in [-0.39, 0.29) is 0 Å². The first kappa shape index (κ1) is 10.5. The topological polar surface area (TPSA) is 64.5 Å². The highest BCUT2D eigenvalue weighted by molar-refractivity contribution is 5.59. The van der Waals surface area contributed by atoms with Crippen molar-refractivity contribution in [3.05, 3.63) is 55.0 Å². The molecule has 0 atom stereocenters. The van der Waals surface area contributed by atoms with Gasteiger partial charge in [0.1, 0.15) is 5.69 Å². The predicted molar refractivity (Wildman–Crippen MR) is 66.3 cm³/mol. The van der Waals surface area contributed by atoms with Crippen LogP contribution in [0.3, 0.4) is 0 Å². The van der Waals surface area contributed by atoms with Crippen molar-refractivity contribution in [1.29, 1.82) is 0 Å². The smallest absolute Gasteiger partial charge is 0.200 e. The lowest BCUT2D eigenvalue weighted by Gasteiger charge is -2.02. The second-order valence-corrected chi connectivity index (χ2v) is 3.59. The molecule has 18 heavy (non-hydrogen) atoms. The highest BCUT2D eigenvalue weighted by Gasteiger charge is 2.05. The van der Waals surface area contributed by atoms with Crippen molar-refractivity contribution in [1.82, 2.24) is 25.1 Å². The first-order valence-corrected chi connectivity index (χ1v) is 5.46. The van der Waals surface area contributed by atoms with E-state index in [0.29, 0.717) is 11.5 Å². The van der Waals surface area contributed by atoms with Gasteiger partial charge in [0, 0.05) is 12.4 Å². The largest absolute Gasteiger partial charge is 0.255 e. The number of aromatic nitrogens is 5. The average Bonchev–Trinajstić information content (AvgIpc) is 2.49. The lowest BCUT2D eigenvalue weighted by atomic mass is 10.2. The van der Waals surface area contributed by atoms with Gasteiger partial charge in [-0.1, -0.05) is 12.1 Å². The fraction of sp³-hybridized carbons (Fsp3) is 0. The molecule has 0 amide bonds. The Kier molecular flexibility index (Phi) is 2.71. The molecule has 0 aliphatic heterocycles. The molecule has 0 fully saturated rings. The van der Waals surface area contributed by atoms with Gasteiger partial charge in [0.2, 0.25) is 0 Å². The third-order valence-electron chi connectivity index (χ3n) is 2.39. The lowest BCUT2D eigenvalue weighted by Crippen LogP contribution is -1.94. The highest BCUT2D eigenvalue weighted by atomic mass is 15.1. The minimum Gasteiger partial charge on any atom is -0.255 e. The summed E-state index contributed by atoms with van der Waals surface area (Å²) in [6.45, 7) is 0. The van der Waals surface area contributed by atoms with Gasteiger partial charge in [-0.05, 0) is 24.3 Å². The molecule has 0 unspecified atom stereocenters. The molecule has 0 spiro atoms. The van der Waals surface area contributed by atoms with Gasteiger partial charge in [0.15, 0.2) is 5.82 Å². The monoisotopic (exact) mass is 235 g/mol. The molecule has 0 saturated heterocycles. The summed E-state index contributed by atoms with van der Waals surface area (Å²) in [6.07, 6.45) is 4.87. The van der Waals surface area contributed by atoms with Crippen LogP contribution in [0.4, 0.5) is 0 Å². The van der Waals surface area contributed by atoms with E-state index in [0.717, 1.165) is 11.4 Å². The molecular formula is C13H9N5. The van der Waals surface area contributed by atoms with Crippen LogP contribution in [0.25, 0.3) is 22.9 Å². The molecule has 0 N–H and O–H groups in total. The van der Waals surface area contributed by atoms with E-state index in [4.69, 9.17) is 0 Å². The predicted octanol–water partition coefficient (Wildman–Crippen LogP) is 2.00. The Hall–Kier alpha value is -2.69. The van der Waals surface area contributed by atoms with E-state index < -0.39 is 0 Å². The minimum absolute atomic E-state index is 0.510. The summed E-state index contributed by atoms with van der Waals surface area (Å²) in [5.41, 5.74) is 2.30. The Morgan fingerprint density at radius 3 is 2.33 bits per heavy atom. The van der Waals surface area contributed by atoms with Gasteiger partial charge in [0.25, 0.3) is 0 Å². The van der Waals surface area contributed by atoms with Crippen molar-refractivity contribution in [2.75, 3.05) is 0 Å². The molecule has 5 nitrogen and oxygen atoms in total. The summed E-state index contributed by atoms with van der Waals surface area (Å²) in [5.74, 6) is 0.510. The van der Waals surface area contributed by atoms with Crippen LogP contribution in [0.5, 0.6) is 0 Å². The summed E-state index contributed by atoms with van der Waals surface area (Å²) in [4.78, 5) is 12.9. The molecule has 0 aliphatic rings. The van der Waals surface area contributed by atoms with E-state index >= 15 is 0 Å². The maximum atomic E-state index is 4.49. The van der Waals surface area contributed by atoms with Gasteiger partial charge < -0.3 is 0 Å². The maximum Gasteiger partial charge on any atom is 0.200 e. The van der Waals surface area contributed by atoms with Crippen molar-refractivity contribution >= 4 is 0 Å². The Bertz CT molecular complexity index is 585. The third kappa shape index (κ3) is 2.06. The number of hydrogen-bond acceptors (Lipinski definition) is 5. The first-order valence-electron chi connectivity index (χ1n) is 5.46. The summed E-state index contributed by atoms with van der Waals surface area (Å²) in [5, 5.41) is 7.74. The van der Waals surface area contributed by atoms with Crippen LogP contribution >= 0.6 is 0 Å². The summed E-state index contributed by atoms with van der Waals surface area (Å²) < 4.78 is 0. The average molecular weight is 235 g/mol. The second-order valence-electron chi connectivity index (χ2n) is 3.59. The number of hydrogen-bond donors (Lipinski definition) is 0. The van der Waals surface area contributed by atoms with E-state index in [1.165, 1.54) is 6.20 Å². The van der Waals surface area contributed by atoms with Crippen molar-refractivity contribution in [3.63, 3.8) is 0 Å². The normalized spacial score (nSPS) is 10.2. The van der Waals surface area contributed by atoms with Crippen LogP contribution in [-0.4, -0.2) is 25.1 Å². The molecule has 0 bridgehead atoms. The van der Waals surface area contributed by atoms with E-state index in [1.54, 1.807) is 12.4 Å². The molecular weight excluding hydrogens is 226 g/mol. The molecule has 5 heteroatoms. The summed E-state index contributed by atoms with van der Waals surface area (Å²) >= 11 is 0. The highest BCUT2D eigenvalue weighted by Crippen LogP contribution is 2.17. The van der Waals surface area contributed by atoms with Crippen molar-refractivity contribution in [3.8, 4) is 22.9 Å². The van der Waals surface area contributed by atoms with Gasteiger partial charge in [-0.15, -0.1) is 5.10 Å². The molecule has 3 heterocycles. The molecule has 86 valence electrons. The van der Waals surface area contributed by atoms with Crippen LogP contribution in [0.2, 0.25) is 0 Å². The van der Waals surface area contributed by atoms with E-state index in [1.807, 2.05) is 36.4 Å². The zero-order valence-electron chi connectivity index (χ0n) is 9.43. The van der Waals surface area contributed by atoms with Crippen molar-refractivity contribution in [2.45, 2.75) is 0 Å². The molecule has 3 aromatic heterocycles. The van der Waals surface area contributed by atoms with Crippen LogP contribution in [0.15, 0.2) is 55.0 Å². The van der Waals surface area contributed by atoms with E-state index in [2.05, 4.69) is 25.1 Å². The van der Waals surface area contributed by atoms with Gasteiger partial charge in [-0.3, -0.25) is 4.98 Å². The lowest BCUT2D eigenvalue weighted by molar-refractivity contribution is 0.970. The summed E-state index contributed by atoms with van der Waals surface area (Å²) in [6, 6.07) is 11.4. The number of pyridine rings is 2. The van der Waals surface area contributed by atoms with Crippen LogP contribution < -0.4 is 0 Å². The Morgan fingerprint density at radius 1 is 0.667 bits per heavy atom. The second kappa shape index (κ2) is 4.67. The Labute approximate surface area is 104 Å². The quantitative estimate of drug-likeness (QED) is 0.679. The first-order chi connectivity index (χ1) is 8.93. The van der Waals surface area contributed by atoms with Gasteiger partial charge in [0.05, 0.1) is 17.6 Å². The van der Waals surface area contributed by atoms with Gasteiger partial charge in [-0.25, -0.2) is 9.97 Å². The van der Waals surface area contributed by atoms with Crippen LogP contribution in [0, 0.1) is 0 Å². The molecule has 0 aliphatic carbocycles. The number of nitrogens with zero attached hydrogens (tertiary/aromatic N) is 5. The fourth-order valence-corrected chi connectivity index (χ4v) is 1.58. The maximum absolute atomic E-state index is 4.49. The van der Waals surface area contributed by atoms with Gasteiger partial charge in [-0.2, -0.15) is 5.10 Å². The van der Waals surface area contributed by atoms with E-state index in [9.17, 15) is 0 Å². The van der Waals surface area contributed by atoms with Crippen molar-refractivity contribution in [2.24, 2.45) is 0 Å². The molecule has 0 radical (unpaired) electrons. The zero-order valence-corrected chi connectivity index (χ0v) is 9.43. The summed E-state index contributed by atoms with van der Waals surface area (Å²) in [7, 11) is 0. The van der Waals surface area contributed by atoms with Gasteiger partial charge >= 0.3 is 0 Å². The fourth-order valence-electron chi connectivity index (χ4n) is 1.58. The van der Waals surface area contributed by atoms with Crippen molar-refractivity contribution < 1.29 is 0 Å². The Morgan fingerprint density at radius 2 is 1.56 bits per heavy atom. The zero-order chi connectivity index (χ0) is 12.2. The standard InChI is InChI=1S/C13H9N5/c1-2-7-14-10(4-1)11-5-3-6-12(17-11)13-15-8-9-16-18-13/h1-9H. The third-order valence-corrected chi connectivity index (χ3v) is 2.39. The molecule has 0 saturated carbocycles. The molecule has 3 rings (SSSR count). The van der Waals surface area contributed by atoms with Crippen LogP contribution in [0.1, 0.15) is 0 Å². The van der Waals surface area contributed by atoms with Crippen LogP contribution in [-0.2, 0) is 0 Å². The molecule has 0 aromatic carbocycles. The Balaban J connectivity index is 2.05. The molecule has 3 aromatic rings.